The highest BCUT2D eigenvalue weighted by Gasteiger charge is 2.31. The fraction of sp³-hybridized carbons (Fsp3) is 0.250. The summed E-state index contributed by atoms with van der Waals surface area (Å²) in [7, 11) is 0. The standard InChI is InChI=1S/C24H23N/c1-3-16-9-10-23-19(11-16)15-21-13-17(4-2)12-20-14-18-7-5-6-8-22(18)25(23)24(20)21/h5-13H,3-4,14-15H2,1-2H3. The normalized spacial score (nSPS) is 13.9. The molecule has 0 aliphatic carbocycles. The van der Waals surface area contributed by atoms with Crippen molar-refractivity contribution in [1.29, 1.82) is 0 Å². The van der Waals surface area contributed by atoms with Gasteiger partial charge in [0.1, 0.15) is 0 Å². The van der Waals surface area contributed by atoms with Gasteiger partial charge in [0.15, 0.2) is 0 Å². The van der Waals surface area contributed by atoms with Crippen molar-refractivity contribution < 1.29 is 0 Å². The molecule has 2 aliphatic heterocycles. The maximum absolute atomic E-state index is 2.52. The number of fused-ring (bicyclic) bond motifs is 4. The summed E-state index contributed by atoms with van der Waals surface area (Å²) in [5.74, 6) is 0. The zero-order valence-corrected chi connectivity index (χ0v) is 15.0. The Bertz CT molecular complexity index is 983. The SMILES string of the molecule is CCc1ccc2c(c1)Cc1cc(CC)cc3c1N2c1ccccc1C3. The van der Waals surface area contributed by atoms with Crippen molar-refractivity contribution in [3.8, 4) is 0 Å². The Balaban J connectivity index is 1.81. The third kappa shape index (κ3) is 2.15. The van der Waals surface area contributed by atoms with E-state index in [9.17, 15) is 0 Å². The summed E-state index contributed by atoms with van der Waals surface area (Å²) in [6, 6.07) is 20.8. The van der Waals surface area contributed by atoms with E-state index < -0.39 is 0 Å². The maximum atomic E-state index is 2.52. The second kappa shape index (κ2) is 5.49. The third-order valence-electron chi connectivity index (χ3n) is 5.75. The molecule has 0 aromatic heterocycles. The summed E-state index contributed by atoms with van der Waals surface area (Å²) in [6.45, 7) is 4.50. The summed E-state index contributed by atoms with van der Waals surface area (Å²) in [4.78, 5) is 2.52. The predicted octanol–water partition coefficient (Wildman–Crippen LogP) is 6.09. The fourth-order valence-electron chi connectivity index (χ4n) is 4.47. The zero-order chi connectivity index (χ0) is 17.0. The quantitative estimate of drug-likeness (QED) is 0.379. The van der Waals surface area contributed by atoms with Gasteiger partial charge in [-0.1, -0.05) is 56.3 Å². The number of hydrogen-bond acceptors (Lipinski definition) is 1. The molecule has 5 rings (SSSR count). The molecule has 25 heavy (non-hydrogen) atoms. The highest BCUT2D eigenvalue weighted by Crippen LogP contribution is 2.50. The number of hydrogen-bond donors (Lipinski definition) is 0. The van der Waals surface area contributed by atoms with E-state index in [-0.39, 0.29) is 0 Å². The van der Waals surface area contributed by atoms with Crippen LogP contribution >= 0.6 is 0 Å². The van der Waals surface area contributed by atoms with Crippen LogP contribution in [0.15, 0.2) is 54.6 Å². The number of anilines is 3. The first-order valence-electron chi connectivity index (χ1n) is 9.43. The summed E-state index contributed by atoms with van der Waals surface area (Å²) in [5, 5.41) is 0. The molecule has 0 amide bonds. The molecule has 0 saturated carbocycles. The lowest BCUT2D eigenvalue weighted by atomic mass is 9.84. The molecule has 3 aromatic rings. The van der Waals surface area contributed by atoms with Crippen molar-refractivity contribution in [2.24, 2.45) is 0 Å². The van der Waals surface area contributed by atoms with Gasteiger partial charge in [-0.2, -0.15) is 0 Å². The molecule has 0 radical (unpaired) electrons. The summed E-state index contributed by atoms with van der Waals surface area (Å²) >= 11 is 0. The molecule has 2 heterocycles. The van der Waals surface area contributed by atoms with Crippen LogP contribution in [0.3, 0.4) is 0 Å². The topological polar surface area (TPSA) is 3.24 Å². The van der Waals surface area contributed by atoms with Crippen molar-refractivity contribution in [1.82, 2.24) is 0 Å². The minimum atomic E-state index is 1.05. The lowest BCUT2D eigenvalue weighted by Gasteiger charge is -2.40. The highest BCUT2D eigenvalue weighted by atomic mass is 15.2. The molecule has 0 unspecified atom stereocenters. The van der Waals surface area contributed by atoms with Crippen molar-refractivity contribution in [2.75, 3.05) is 4.90 Å². The second-order valence-corrected chi connectivity index (χ2v) is 7.25. The van der Waals surface area contributed by atoms with Gasteiger partial charge in [0, 0.05) is 24.2 Å². The van der Waals surface area contributed by atoms with Crippen LogP contribution in [-0.4, -0.2) is 0 Å². The van der Waals surface area contributed by atoms with Crippen LogP contribution in [0, 0.1) is 0 Å². The molecule has 124 valence electrons. The van der Waals surface area contributed by atoms with Crippen LogP contribution in [0.5, 0.6) is 0 Å². The van der Waals surface area contributed by atoms with E-state index in [1.54, 1.807) is 0 Å². The number of rotatable bonds is 2. The fourth-order valence-corrected chi connectivity index (χ4v) is 4.47. The molecule has 0 saturated heterocycles. The first-order valence-corrected chi connectivity index (χ1v) is 9.43. The number of aryl methyl sites for hydroxylation is 2. The van der Waals surface area contributed by atoms with Gasteiger partial charge >= 0.3 is 0 Å². The Morgan fingerprint density at radius 3 is 2.08 bits per heavy atom. The van der Waals surface area contributed by atoms with E-state index in [2.05, 4.69) is 73.3 Å². The van der Waals surface area contributed by atoms with Crippen LogP contribution in [0.4, 0.5) is 17.1 Å². The molecule has 0 atom stereocenters. The predicted molar refractivity (Wildman–Crippen MR) is 105 cm³/mol. The maximum Gasteiger partial charge on any atom is 0.0532 e. The molecular formula is C24H23N. The minimum absolute atomic E-state index is 1.05. The Morgan fingerprint density at radius 1 is 0.680 bits per heavy atom. The number of benzene rings is 3. The Labute approximate surface area is 149 Å². The molecule has 3 aromatic carbocycles. The first kappa shape index (κ1) is 14.8. The van der Waals surface area contributed by atoms with Crippen LogP contribution in [0.2, 0.25) is 0 Å². The molecule has 2 aliphatic rings. The van der Waals surface area contributed by atoms with Crippen LogP contribution in [0.1, 0.15) is 47.2 Å². The van der Waals surface area contributed by atoms with Gasteiger partial charge in [-0.3, -0.25) is 0 Å². The lowest BCUT2D eigenvalue weighted by Crippen LogP contribution is -2.25. The summed E-state index contributed by atoms with van der Waals surface area (Å²) in [5.41, 5.74) is 12.9. The van der Waals surface area contributed by atoms with Crippen LogP contribution < -0.4 is 4.90 Å². The van der Waals surface area contributed by atoms with Crippen LogP contribution in [0.25, 0.3) is 0 Å². The number of nitrogens with zero attached hydrogens (tertiary/aromatic N) is 1. The van der Waals surface area contributed by atoms with Gasteiger partial charge < -0.3 is 4.90 Å². The van der Waals surface area contributed by atoms with E-state index >= 15 is 0 Å². The van der Waals surface area contributed by atoms with E-state index in [1.165, 1.54) is 50.4 Å². The largest absolute Gasteiger partial charge is 0.309 e. The van der Waals surface area contributed by atoms with Crippen molar-refractivity contribution >= 4 is 17.1 Å². The molecular weight excluding hydrogens is 302 g/mol. The zero-order valence-electron chi connectivity index (χ0n) is 15.0. The molecule has 0 fully saturated rings. The van der Waals surface area contributed by atoms with Gasteiger partial charge in [-0.05, 0) is 58.4 Å². The summed E-state index contributed by atoms with van der Waals surface area (Å²) < 4.78 is 0. The molecule has 0 spiro atoms. The Morgan fingerprint density at radius 2 is 1.32 bits per heavy atom. The van der Waals surface area contributed by atoms with Gasteiger partial charge in [0.05, 0.1) is 5.69 Å². The van der Waals surface area contributed by atoms with Crippen LogP contribution in [-0.2, 0) is 25.7 Å². The van der Waals surface area contributed by atoms with E-state index in [0.717, 1.165) is 25.7 Å². The van der Waals surface area contributed by atoms with E-state index in [0.29, 0.717) is 0 Å². The minimum Gasteiger partial charge on any atom is -0.309 e. The number of para-hydroxylation sites is 1. The van der Waals surface area contributed by atoms with Gasteiger partial charge in [-0.25, -0.2) is 0 Å². The van der Waals surface area contributed by atoms with Crippen molar-refractivity contribution in [3.05, 3.63) is 88.0 Å². The summed E-state index contributed by atoms with van der Waals surface area (Å²) in [6.07, 6.45) is 4.30. The second-order valence-electron chi connectivity index (χ2n) is 7.25. The Hall–Kier alpha value is -2.54. The molecule has 0 N–H and O–H groups in total. The van der Waals surface area contributed by atoms with Gasteiger partial charge in [-0.15, -0.1) is 0 Å². The van der Waals surface area contributed by atoms with Gasteiger partial charge in [0.25, 0.3) is 0 Å². The molecule has 0 bridgehead atoms. The lowest BCUT2D eigenvalue weighted by molar-refractivity contribution is 0.985. The van der Waals surface area contributed by atoms with Crippen molar-refractivity contribution in [2.45, 2.75) is 39.5 Å². The average molecular weight is 325 g/mol. The van der Waals surface area contributed by atoms with E-state index in [1.807, 2.05) is 0 Å². The van der Waals surface area contributed by atoms with E-state index in [4.69, 9.17) is 0 Å². The monoisotopic (exact) mass is 325 g/mol. The smallest absolute Gasteiger partial charge is 0.0532 e. The van der Waals surface area contributed by atoms with Crippen molar-refractivity contribution in [3.63, 3.8) is 0 Å². The Kier molecular flexibility index (Phi) is 3.24. The molecule has 1 nitrogen and oxygen atoms in total. The molecule has 1 heteroatoms. The first-order chi connectivity index (χ1) is 12.3. The van der Waals surface area contributed by atoms with Gasteiger partial charge in [0.2, 0.25) is 0 Å². The third-order valence-corrected chi connectivity index (χ3v) is 5.75. The average Bonchev–Trinajstić information content (AvgIpc) is 2.66. The highest BCUT2D eigenvalue weighted by molar-refractivity contribution is 5.89.